The number of amides is 1. The lowest BCUT2D eigenvalue weighted by molar-refractivity contribution is -0.123. The molecule has 1 heterocycles. The van der Waals surface area contributed by atoms with Crippen LogP contribution in [0, 0.1) is 12.8 Å². The minimum absolute atomic E-state index is 0.0486. The van der Waals surface area contributed by atoms with Gasteiger partial charge in [0.25, 0.3) is 5.91 Å². The van der Waals surface area contributed by atoms with E-state index in [-0.39, 0.29) is 12.5 Å². The third-order valence-electron chi connectivity index (χ3n) is 3.40. The van der Waals surface area contributed by atoms with E-state index in [0.717, 1.165) is 37.4 Å². The zero-order chi connectivity index (χ0) is 13.5. The standard InChI is InChI=1S/C15H22N2O2/c1-12-3-2-4-14(9-12)19-11-15(18)17-8-6-13-5-7-16-10-13/h2-4,9,13,16H,5-8,10-11H2,1H3,(H,17,18). The van der Waals surface area contributed by atoms with Crippen molar-refractivity contribution in [2.24, 2.45) is 5.92 Å². The van der Waals surface area contributed by atoms with Gasteiger partial charge in [0.1, 0.15) is 5.75 Å². The number of hydrogen-bond donors (Lipinski definition) is 2. The van der Waals surface area contributed by atoms with Gasteiger partial charge in [-0.1, -0.05) is 12.1 Å². The molecule has 4 heteroatoms. The molecule has 1 saturated heterocycles. The summed E-state index contributed by atoms with van der Waals surface area (Å²) in [5.41, 5.74) is 1.13. The number of rotatable bonds is 6. The summed E-state index contributed by atoms with van der Waals surface area (Å²) >= 11 is 0. The molecule has 0 bridgehead atoms. The minimum atomic E-state index is -0.0486. The molecular weight excluding hydrogens is 240 g/mol. The average molecular weight is 262 g/mol. The Morgan fingerprint density at radius 3 is 3.16 bits per heavy atom. The zero-order valence-corrected chi connectivity index (χ0v) is 11.4. The molecule has 1 atom stereocenters. The van der Waals surface area contributed by atoms with Crippen molar-refractivity contribution in [3.8, 4) is 5.75 Å². The lowest BCUT2D eigenvalue weighted by atomic mass is 10.1. The second-order valence-corrected chi connectivity index (χ2v) is 5.10. The Balaban J connectivity index is 1.61. The molecule has 2 rings (SSSR count). The van der Waals surface area contributed by atoms with E-state index in [0.29, 0.717) is 5.92 Å². The minimum Gasteiger partial charge on any atom is -0.484 e. The maximum atomic E-state index is 11.6. The van der Waals surface area contributed by atoms with E-state index in [1.165, 1.54) is 6.42 Å². The molecule has 0 aliphatic carbocycles. The quantitative estimate of drug-likeness (QED) is 0.816. The number of carbonyl (C=O) groups excluding carboxylic acids is 1. The molecule has 1 fully saturated rings. The lowest BCUT2D eigenvalue weighted by Gasteiger charge is -2.10. The number of carbonyl (C=O) groups is 1. The van der Waals surface area contributed by atoms with Gasteiger partial charge in [-0.25, -0.2) is 0 Å². The summed E-state index contributed by atoms with van der Waals surface area (Å²) in [6, 6.07) is 7.72. The first kappa shape index (κ1) is 13.9. The highest BCUT2D eigenvalue weighted by atomic mass is 16.5. The predicted octanol–water partition coefficient (Wildman–Crippen LogP) is 1.49. The van der Waals surface area contributed by atoms with Crippen molar-refractivity contribution in [1.82, 2.24) is 10.6 Å². The van der Waals surface area contributed by atoms with E-state index in [1.807, 2.05) is 31.2 Å². The molecule has 0 spiro atoms. The summed E-state index contributed by atoms with van der Waals surface area (Å²) in [5, 5.41) is 6.23. The van der Waals surface area contributed by atoms with Crippen LogP contribution in [0.5, 0.6) is 5.75 Å². The molecule has 1 aromatic rings. The highest BCUT2D eigenvalue weighted by molar-refractivity contribution is 5.77. The SMILES string of the molecule is Cc1cccc(OCC(=O)NCCC2CCNC2)c1. The normalized spacial score (nSPS) is 18.3. The van der Waals surface area contributed by atoms with Crippen molar-refractivity contribution in [3.05, 3.63) is 29.8 Å². The van der Waals surface area contributed by atoms with Gasteiger partial charge in [0.2, 0.25) is 0 Å². The van der Waals surface area contributed by atoms with Crippen LogP contribution >= 0.6 is 0 Å². The van der Waals surface area contributed by atoms with Crippen LogP contribution in [0.15, 0.2) is 24.3 Å². The van der Waals surface area contributed by atoms with Crippen molar-refractivity contribution in [3.63, 3.8) is 0 Å². The number of nitrogens with one attached hydrogen (secondary N) is 2. The maximum absolute atomic E-state index is 11.6. The molecule has 0 saturated carbocycles. The third-order valence-corrected chi connectivity index (χ3v) is 3.40. The van der Waals surface area contributed by atoms with E-state index >= 15 is 0 Å². The molecule has 104 valence electrons. The molecule has 1 unspecified atom stereocenters. The summed E-state index contributed by atoms with van der Waals surface area (Å²) in [7, 11) is 0. The average Bonchev–Trinajstić information content (AvgIpc) is 2.90. The first-order valence-corrected chi connectivity index (χ1v) is 6.91. The van der Waals surface area contributed by atoms with Crippen LogP contribution < -0.4 is 15.4 Å². The van der Waals surface area contributed by atoms with E-state index in [4.69, 9.17) is 4.74 Å². The lowest BCUT2D eigenvalue weighted by Crippen LogP contribution is -2.30. The fourth-order valence-corrected chi connectivity index (χ4v) is 2.28. The second kappa shape index (κ2) is 7.14. The Bertz CT molecular complexity index is 414. The van der Waals surface area contributed by atoms with Crippen LogP contribution in [-0.4, -0.2) is 32.1 Å². The Labute approximate surface area is 114 Å². The third kappa shape index (κ3) is 4.91. The number of benzene rings is 1. The summed E-state index contributed by atoms with van der Waals surface area (Å²) in [6.07, 6.45) is 2.26. The Morgan fingerprint density at radius 2 is 2.42 bits per heavy atom. The second-order valence-electron chi connectivity index (χ2n) is 5.10. The largest absolute Gasteiger partial charge is 0.484 e. The van der Waals surface area contributed by atoms with Crippen molar-refractivity contribution >= 4 is 5.91 Å². The highest BCUT2D eigenvalue weighted by Crippen LogP contribution is 2.12. The Morgan fingerprint density at radius 1 is 1.53 bits per heavy atom. The van der Waals surface area contributed by atoms with E-state index < -0.39 is 0 Å². The van der Waals surface area contributed by atoms with Crippen LogP contribution in [0.3, 0.4) is 0 Å². The van der Waals surface area contributed by atoms with Gasteiger partial charge < -0.3 is 15.4 Å². The highest BCUT2D eigenvalue weighted by Gasteiger charge is 2.14. The van der Waals surface area contributed by atoms with E-state index in [9.17, 15) is 4.79 Å². The first-order valence-electron chi connectivity index (χ1n) is 6.91. The molecular formula is C15H22N2O2. The summed E-state index contributed by atoms with van der Waals surface area (Å²) in [5.74, 6) is 1.40. The van der Waals surface area contributed by atoms with Crippen molar-refractivity contribution in [2.75, 3.05) is 26.2 Å². The van der Waals surface area contributed by atoms with Gasteiger partial charge in [-0.2, -0.15) is 0 Å². The molecule has 19 heavy (non-hydrogen) atoms. The van der Waals surface area contributed by atoms with Gasteiger partial charge >= 0.3 is 0 Å². The molecule has 1 aromatic carbocycles. The van der Waals surface area contributed by atoms with Gasteiger partial charge in [-0.15, -0.1) is 0 Å². The monoisotopic (exact) mass is 262 g/mol. The van der Waals surface area contributed by atoms with E-state index in [1.54, 1.807) is 0 Å². The number of ether oxygens (including phenoxy) is 1. The van der Waals surface area contributed by atoms with Gasteiger partial charge in [-0.05, 0) is 56.5 Å². The van der Waals surface area contributed by atoms with Crippen LogP contribution in [0.2, 0.25) is 0 Å². The van der Waals surface area contributed by atoms with Crippen LogP contribution in [0.1, 0.15) is 18.4 Å². The predicted molar refractivity (Wildman–Crippen MR) is 75.3 cm³/mol. The fraction of sp³-hybridized carbons (Fsp3) is 0.533. The van der Waals surface area contributed by atoms with Gasteiger partial charge in [-0.3, -0.25) is 4.79 Å². The van der Waals surface area contributed by atoms with E-state index in [2.05, 4.69) is 10.6 Å². The molecule has 1 aliphatic heterocycles. The van der Waals surface area contributed by atoms with Crippen molar-refractivity contribution in [1.29, 1.82) is 0 Å². The van der Waals surface area contributed by atoms with Crippen molar-refractivity contribution < 1.29 is 9.53 Å². The Hall–Kier alpha value is -1.55. The van der Waals surface area contributed by atoms with Gasteiger partial charge in [0, 0.05) is 6.54 Å². The maximum Gasteiger partial charge on any atom is 0.257 e. The van der Waals surface area contributed by atoms with Crippen LogP contribution in [0.25, 0.3) is 0 Å². The number of aryl methyl sites for hydroxylation is 1. The fourth-order valence-electron chi connectivity index (χ4n) is 2.28. The summed E-state index contributed by atoms with van der Waals surface area (Å²) in [6.45, 7) is 5.02. The van der Waals surface area contributed by atoms with Crippen LogP contribution in [-0.2, 0) is 4.79 Å². The van der Waals surface area contributed by atoms with Crippen LogP contribution in [0.4, 0.5) is 0 Å². The molecule has 1 aliphatic rings. The molecule has 0 aromatic heterocycles. The van der Waals surface area contributed by atoms with Crippen molar-refractivity contribution in [2.45, 2.75) is 19.8 Å². The molecule has 4 nitrogen and oxygen atoms in total. The van der Waals surface area contributed by atoms with Gasteiger partial charge in [0.15, 0.2) is 6.61 Å². The van der Waals surface area contributed by atoms with Gasteiger partial charge in [0.05, 0.1) is 0 Å². The summed E-state index contributed by atoms with van der Waals surface area (Å²) in [4.78, 5) is 11.6. The topological polar surface area (TPSA) is 50.4 Å². The molecule has 0 radical (unpaired) electrons. The Kier molecular flexibility index (Phi) is 5.21. The zero-order valence-electron chi connectivity index (χ0n) is 11.4. The molecule has 1 amide bonds. The molecule has 2 N–H and O–H groups in total. The first-order chi connectivity index (χ1) is 9.24. The summed E-state index contributed by atoms with van der Waals surface area (Å²) < 4.78 is 5.45. The number of hydrogen-bond acceptors (Lipinski definition) is 3. The smallest absolute Gasteiger partial charge is 0.257 e.